The van der Waals surface area contributed by atoms with Crippen molar-refractivity contribution in [1.82, 2.24) is 10.3 Å². The number of benzene rings is 1. The molecule has 1 aromatic carbocycles. The van der Waals surface area contributed by atoms with Crippen LogP contribution in [0.25, 0.3) is 0 Å². The summed E-state index contributed by atoms with van der Waals surface area (Å²) in [5.74, 6) is 1.04. The van der Waals surface area contributed by atoms with E-state index in [1.165, 1.54) is 6.07 Å². The zero-order valence-corrected chi connectivity index (χ0v) is 10.6. The van der Waals surface area contributed by atoms with Gasteiger partial charge < -0.3 is 9.73 Å². The molecule has 1 aromatic heterocycles. The number of rotatable bonds is 5. The number of aryl methyl sites for hydroxylation is 1. The molecule has 0 spiro atoms. The SMILES string of the molecule is CCc1cnc(CNCc2ccc(C#N)cc2F)o1. The summed E-state index contributed by atoms with van der Waals surface area (Å²) >= 11 is 0. The van der Waals surface area contributed by atoms with Gasteiger partial charge in [0.2, 0.25) is 5.89 Å². The third-order valence-corrected chi connectivity index (χ3v) is 2.72. The monoisotopic (exact) mass is 259 g/mol. The topological polar surface area (TPSA) is 61.9 Å². The number of aromatic nitrogens is 1. The minimum Gasteiger partial charge on any atom is -0.444 e. The van der Waals surface area contributed by atoms with Gasteiger partial charge in [-0.3, -0.25) is 0 Å². The van der Waals surface area contributed by atoms with Gasteiger partial charge in [0, 0.05) is 18.5 Å². The number of oxazole rings is 1. The summed E-state index contributed by atoms with van der Waals surface area (Å²) in [6.45, 7) is 2.80. The number of hydrogen-bond acceptors (Lipinski definition) is 4. The van der Waals surface area contributed by atoms with Gasteiger partial charge in [0.1, 0.15) is 11.6 Å². The maximum Gasteiger partial charge on any atom is 0.208 e. The van der Waals surface area contributed by atoms with Crippen molar-refractivity contribution in [3.8, 4) is 6.07 Å². The predicted molar refractivity (Wildman–Crippen MR) is 67.5 cm³/mol. The standard InChI is InChI=1S/C14H14FN3O/c1-2-12-8-18-14(19-12)9-17-7-11-4-3-10(6-16)5-13(11)15/h3-5,8,17H,2,7,9H2,1H3. The summed E-state index contributed by atoms with van der Waals surface area (Å²) in [4.78, 5) is 4.10. The molecule has 0 amide bonds. The van der Waals surface area contributed by atoms with Crippen LogP contribution in [0.2, 0.25) is 0 Å². The van der Waals surface area contributed by atoms with Gasteiger partial charge in [0.15, 0.2) is 0 Å². The van der Waals surface area contributed by atoms with Crippen molar-refractivity contribution in [2.24, 2.45) is 0 Å². The molecule has 4 nitrogen and oxygen atoms in total. The fourth-order valence-corrected chi connectivity index (χ4v) is 1.66. The number of halogens is 1. The molecule has 98 valence electrons. The molecule has 0 bridgehead atoms. The van der Waals surface area contributed by atoms with Crippen molar-refractivity contribution >= 4 is 0 Å². The molecule has 0 unspecified atom stereocenters. The molecule has 0 fully saturated rings. The Morgan fingerprint density at radius 3 is 2.89 bits per heavy atom. The van der Waals surface area contributed by atoms with E-state index in [0.717, 1.165) is 12.2 Å². The van der Waals surface area contributed by atoms with Crippen LogP contribution in [0, 0.1) is 17.1 Å². The lowest BCUT2D eigenvalue weighted by Crippen LogP contribution is -2.14. The molecule has 0 aliphatic heterocycles. The van der Waals surface area contributed by atoms with Crippen LogP contribution in [-0.4, -0.2) is 4.98 Å². The average Bonchev–Trinajstić information content (AvgIpc) is 2.88. The average molecular weight is 259 g/mol. The molecule has 0 saturated carbocycles. The van der Waals surface area contributed by atoms with Crippen molar-refractivity contribution in [2.75, 3.05) is 0 Å². The van der Waals surface area contributed by atoms with E-state index < -0.39 is 0 Å². The van der Waals surface area contributed by atoms with E-state index in [0.29, 0.717) is 30.1 Å². The highest BCUT2D eigenvalue weighted by molar-refractivity contribution is 5.32. The minimum atomic E-state index is -0.381. The van der Waals surface area contributed by atoms with Crippen molar-refractivity contribution in [3.05, 3.63) is 53.0 Å². The van der Waals surface area contributed by atoms with Crippen LogP contribution in [0.4, 0.5) is 4.39 Å². The lowest BCUT2D eigenvalue weighted by Gasteiger charge is -2.04. The molecule has 0 radical (unpaired) electrons. The van der Waals surface area contributed by atoms with E-state index in [9.17, 15) is 4.39 Å². The largest absolute Gasteiger partial charge is 0.444 e. The van der Waals surface area contributed by atoms with Gasteiger partial charge in [-0.05, 0) is 12.1 Å². The Morgan fingerprint density at radius 2 is 2.26 bits per heavy atom. The number of nitrogens with zero attached hydrogens (tertiary/aromatic N) is 2. The summed E-state index contributed by atoms with van der Waals surface area (Å²) in [6.07, 6.45) is 2.50. The molecule has 2 rings (SSSR count). The zero-order chi connectivity index (χ0) is 13.7. The molecule has 19 heavy (non-hydrogen) atoms. The van der Waals surface area contributed by atoms with Gasteiger partial charge in [-0.25, -0.2) is 9.37 Å². The smallest absolute Gasteiger partial charge is 0.208 e. The van der Waals surface area contributed by atoms with E-state index in [1.54, 1.807) is 18.3 Å². The van der Waals surface area contributed by atoms with Crippen molar-refractivity contribution < 1.29 is 8.81 Å². The molecule has 1 N–H and O–H groups in total. The molecule has 1 heterocycles. The molecular formula is C14H14FN3O. The first-order valence-electron chi connectivity index (χ1n) is 6.05. The number of hydrogen-bond donors (Lipinski definition) is 1. The maximum absolute atomic E-state index is 13.6. The Labute approximate surface area is 110 Å². The van der Waals surface area contributed by atoms with Crippen LogP contribution in [0.1, 0.15) is 29.7 Å². The van der Waals surface area contributed by atoms with Crippen molar-refractivity contribution in [1.29, 1.82) is 5.26 Å². The lowest BCUT2D eigenvalue weighted by molar-refractivity contribution is 0.437. The Bertz CT molecular complexity index is 601. The van der Waals surface area contributed by atoms with E-state index in [1.807, 2.05) is 13.0 Å². The van der Waals surface area contributed by atoms with E-state index >= 15 is 0 Å². The van der Waals surface area contributed by atoms with Gasteiger partial charge >= 0.3 is 0 Å². The highest BCUT2D eigenvalue weighted by Gasteiger charge is 2.05. The van der Waals surface area contributed by atoms with Gasteiger partial charge in [-0.1, -0.05) is 13.0 Å². The quantitative estimate of drug-likeness (QED) is 0.896. The first kappa shape index (κ1) is 13.2. The number of nitrogens with one attached hydrogen (secondary N) is 1. The van der Waals surface area contributed by atoms with Gasteiger partial charge in [-0.2, -0.15) is 5.26 Å². The van der Waals surface area contributed by atoms with E-state index in [4.69, 9.17) is 9.68 Å². The Kier molecular flexibility index (Phi) is 4.26. The van der Waals surface area contributed by atoms with Crippen LogP contribution in [0.3, 0.4) is 0 Å². The third kappa shape index (κ3) is 3.39. The lowest BCUT2D eigenvalue weighted by atomic mass is 10.1. The Morgan fingerprint density at radius 1 is 1.42 bits per heavy atom. The second-order valence-electron chi connectivity index (χ2n) is 4.10. The molecule has 5 heteroatoms. The summed E-state index contributed by atoms with van der Waals surface area (Å²) in [7, 11) is 0. The molecule has 0 saturated heterocycles. The normalized spacial score (nSPS) is 10.4. The predicted octanol–water partition coefficient (Wildman–Crippen LogP) is 2.54. The zero-order valence-electron chi connectivity index (χ0n) is 10.6. The molecule has 0 atom stereocenters. The van der Waals surface area contributed by atoms with Crippen LogP contribution in [0.15, 0.2) is 28.8 Å². The van der Waals surface area contributed by atoms with Crippen molar-refractivity contribution in [2.45, 2.75) is 26.4 Å². The van der Waals surface area contributed by atoms with Crippen LogP contribution in [0.5, 0.6) is 0 Å². The van der Waals surface area contributed by atoms with Crippen LogP contribution in [-0.2, 0) is 19.5 Å². The minimum absolute atomic E-state index is 0.321. The van der Waals surface area contributed by atoms with Gasteiger partial charge in [-0.15, -0.1) is 0 Å². The fraction of sp³-hybridized carbons (Fsp3) is 0.286. The van der Waals surface area contributed by atoms with E-state index in [2.05, 4.69) is 10.3 Å². The summed E-state index contributed by atoms with van der Waals surface area (Å²) < 4.78 is 19.0. The Balaban J connectivity index is 1.90. The fourth-order valence-electron chi connectivity index (χ4n) is 1.66. The van der Waals surface area contributed by atoms with Crippen LogP contribution >= 0.6 is 0 Å². The van der Waals surface area contributed by atoms with Crippen LogP contribution < -0.4 is 5.32 Å². The first-order valence-corrected chi connectivity index (χ1v) is 6.05. The maximum atomic E-state index is 13.6. The molecule has 2 aromatic rings. The highest BCUT2D eigenvalue weighted by Crippen LogP contribution is 2.10. The molecule has 0 aliphatic rings. The van der Waals surface area contributed by atoms with Crippen molar-refractivity contribution in [3.63, 3.8) is 0 Å². The highest BCUT2D eigenvalue weighted by atomic mass is 19.1. The second-order valence-corrected chi connectivity index (χ2v) is 4.10. The summed E-state index contributed by atoms with van der Waals surface area (Å²) in [6, 6.07) is 6.34. The summed E-state index contributed by atoms with van der Waals surface area (Å²) in [5.41, 5.74) is 0.836. The number of nitriles is 1. The first-order chi connectivity index (χ1) is 9.22. The Hall–Kier alpha value is -2.19. The third-order valence-electron chi connectivity index (χ3n) is 2.72. The molecular weight excluding hydrogens is 245 g/mol. The van der Waals surface area contributed by atoms with E-state index in [-0.39, 0.29) is 5.82 Å². The molecule has 0 aliphatic carbocycles. The van der Waals surface area contributed by atoms with Gasteiger partial charge in [0.25, 0.3) is 0 Å². The summed E-state index contributed by atoms with van der Waals surface area (Å²) in [5, 5.41) is 11.7. The second kappa shape index (κ2) is 6.12. The van der Waals surface area contributed by atoms with Gasteiger partial charge in [0.05, 0.1) is 24.4 Å².